The van der Waals surface area contributed by atoms with Gasteiger partial charge in [0.05, 0.1) is 6.61 Å². The summed E-state index contributed by atoms with van der Waals surface area (Å²) in [4.78, 5) is 0. The van der Waals surface area contributed by atoms with Gasteiger partial charge in [0, 0.05) is 11.1 Å². The van der Waals surface area contributed by atoms with Gasteiger partial charge in [-0.1, -0.05) is 66.2 Å². The Labute approximate surface area is 131 Å². The van der Waals surface area contributed by atoms with E-state index in [-0.39, 0.29) is 0 Å². The third kappa shape index (κ3) is 8.72. The molecule has 0 unspecified atom stereocenters. The first-order valence-corrected chi connectivity index (χ1v) is 8.69. The molecule has 0 aliphatic rings. The Morgan fingerprint density at radius 3 is 2.21 bits per heavy atom. The zero-order valence-corrected chi connectivity index (χ0v) is 14.1. The summed E-state index contributed by atoms with van der Waals surface area (Å²) in [5.74, 6) is 1.03. The third-order valence-electron chi connectivity index (χ3n) is 3.16. The van der Waals surface area contributed by atoms with Crippen molar-refractivity contribution in [3.05, 3.63) is 34.3 Å². The van der Waals surface area contributed by atoms with Crippen molar-refractivity contribution in [3.63, 3.8) is 0 Å². The summed E-state index contributed by atoms with van der Waals surface area (Å²) in [7, 11) is 0. The number of benzene rings is 1. The Hall–Kier alpha value is 0.01000. The summed E-state index contributed by atoms with van der Waals surface area (Å²) in [6.45, 7) is 1.58. The highest BCUT2D eigenvalue weighted by atomic mass is 79.9. The van der Waals surface area contributed by atoms with Gasteiger partial charge in [0.15, 0.2) is 0 Å². The lowest BCUT2D eigenvalue weighted by Crippen LogP contribution is -1.96. The fourth-order valence-corrected chi connectivity index (χ4v) is 2.62. The molecule has 108 valence electrons. The number of thiol groups is 1. The van der Waals surface area contributed by atoms with Gasteiger partial charge < -0.3 is 4.74 Å². The maximum Gasteiger partial charge on any atom is 0.0727 e. The second-order valence-corrected chi connectivity index (χ2v) is 6.14. The van der Waals surface area contributed by atoms with Gasteiger partial charge in [-0.25, -0.2) is 0 Å². The molecule has 0 saturated carbocycles. The Morgan fingerprint density at radius 1 is 0.895 bits per heavy atom. The molecule has 0 amide bonds. The SMILES string of the molecule is SCCCCCCCCCOCc1ccccc1Br. The van der Waals surface area contributed by atoms with Gasteiger partial charge in [0.1, 0.15) is 0 Å². The molecular weight excluding hydrogens is 320 g/mol. The maximum absolute atomic E-state index is 5.71. The molecule has 0 saturated heterocycles. The number of rotatable bonds is 11. The largest absolute Gasteiger partial charge is 0.377 e. The molecule has 19 heavy (non-hydrogen) atoms. The maximum atomic E-state index is 5.71. The summed E-state index contributed by atoms with van der Waals surface area (Å²) < 4.78 is 6.84. The van der Waals surface area contributed by atoms with Crippen LogP contribution < -0.4 is 0 Å². The van der Waals surface area contributed by atoms with Gasteiger partial charge in [-0.15, -0.1) is 0 Å². The summed E-state index contributed by atoms with van der Waals surface area (Å²) in [5.41, 5.74) is 1.23. The Kier molecular flexibility index (Phi) is 10.6. The van der Waals surface area contributed by atoms with Gasteiger partial charge in [-0.2, -0.15) is 12.6 Å². The van der Waals surface area contributed by atoms with Gasteiger partial charge in [-0.05, 0) is 30.2 Å². The van der Waals surface area contributed by atoms with Gasteiger partial charge in [0.25, 0.3) is 0 Å². The van der Waals surface area contributed by atoms with Crippen LogP contribution in [0.2, 0.25) is 0 Å². The van der Waals surface area contributed by atoms with E-state index < -0.39 is 0 Å². The average Bonchev–Trinajstić information content (AvgIpc) is 2.43. The molecule has 0 atom stereocenters. The minimum Gasteiger partial charge on any atom is -0.377 e. The van der Waals surface area contributed by atoms with E-state index >= 15 is 0 Å². The first-order valence-electron chi connectivity index (χ1n) is 7.26. The van der Waals surface area contributed by atoms with Crippen molar-refractivity contribution in [2.75, 3.05) is 12.4 Å². The fourth-order valence-electron chi connectivity index (χ4n) is 2.00. The molecule has 1 rings (SSSR count). The molecule has 1 aromatic rings. The first-order chi connectivity index (χ1) is 9.34. The predicted octanol–water partition coefficient (Wildman–Crippen LogP) is 5.63. The Morgan fingerprint density at radius 2 is 1.53 bits per heavy atom. The fraction of sp³-hybridized carbons (Fsp3) is 0.625. The summed E-state index contributed by atoms with van der Waals surface area (Å²) in [6, 6.07) is 8.24. The number of halogens is 1. The Balaban J connectivity index is 1.90. The molecule has 1 aromatic carbocycles. The number of unbranched alkanes of at least 4 members (excludes halogenated alkanes) is 6. The zero-order chi connectivity index (χ0) is 13.8. The van der Waals surface area contributed by atoms with Crippen LogP contribution in [0.4, 0.5) is 0 Å². The van der Waals surface area contributed by atoms with E-state index in [2.05, 4.69) is 40.7 Å². The molecule has 0 heterocycles. The average molecular weight is 345 g/mol. The van der Waals surface area contributed by atoms with E-state index in [9.17, 15) is 0 Å². The minimum absolute atomic E-state index is 0.712. The number of hydrogen-bond donors (Lipinski definition) is 1. The highest BCUT2D eigenvalue weighted by Crippen LogP contribution is 2.16. The van der Waals surface area contributed by atoms with E-state index in [1.165, 1.54) is 50.5 Å². The third-order valence-corrected chi connectivity index (χ3v) is 4.25. The lowest BCUT2D eigenvalue weighted by Gasteiger charge is -2.06. The smallest absolute Gasteiger partial charge is 0.0727 e. The molecule has 0 N–H and O–H groups in total. The molecule has 0 radical (unpaired) electrons. The van der Waals surface area contributed by atoms with Crippen molar-refractivity contribution in [3.8, 4) is 0 Å². The molecule has 0 aromatic heterocycles. The molecule has 0 fully saturated rings. The standard InChI is InChI=1S/C16H25BrOS/c17-16-11-7-6-10-15(16)14-18-12-8-4-2-1-3-5-9-13-19/h6-7,10-11,19H,1-5,8-9,12-14H2. The second-order valence-electron chi connectivity index (χ2n) is 4.84. The molecule has 3 heteroatoms. The van der Waals surface area contributed by atoms with Gasteiger partial charge in [0.2, 0.25) is 0 Å². The molecule has 1 nitrogen and oxygen atoms in total. The van der Waals surface area contributed by atoms with Crippen LogP contribution in [-0.2, 0) is 11.3 Å². The van der Waals surface area contributed by atoms with Crippen LogP contribution in [-0.4, -0.2) is 12.4 Å². The number of hydrogen-bond acceptors (Lipinski definition) is 2. The van der Waals surface area contributed by atoms with E-state index in [1.807, 2.05) is 12.1 Å². The quantitative estimate of drug-likeness (QED) is 0.404. The minimum atomic E-state index is 0.712. The van der Waals surface area contributed by atoms with Crippen LogP contribution in [0.1, 0.15) is 50.5 Å². The normalized spacial score (nSPS) is 10.8. The Bertz CT molecular complexity index is 330. The lowest BCUT2D eigenvalue weighted by atomic mass is 10.1. The van der Waals surface area contributed by atoms with Crippen LogP contribution in [0.5, 0.6) is 0 Å². The molecule has 0 aliphatic heterocycles. The topological polar surface area (TPSA) is 9.23 Å². The first kappa shape index (κ1) is 17.1. The van der Waals surface area contributed by atoms with Gasteiger partial charge >= 0.3 is 0 Å². The van der Waals surface area contributed by atoms with E-state index in [4.69, 9.17) is 4.74 Å². The molecule has 0 aliphatic carbocycles. The van der Waals surface area contributed by atoms with E-state index in [0.29, 0.717) is 6.61 Å². The highest BCUT2D eigenvalue weighted by molar-refractivity contribution is 9.10. The van der Waals surface area contributed by atoms with Crippen LogP contribution >= 0.6 is 28.6 Å². The van der Waals surface area contributed by atoms with E-state index in [1.54, 1.807) is 0 Å². The summed E-state index contributed by atoms with van der Waals surface area (Å²) in [5, 5.41) is 0. The van der Waals surface area contributed by atoms with Crippen molar-refractivity contribution in [2.24, 2.45) is 0 Å². The van der Waals surface area contributed by atoms with Crippen LogP contribution in [0, 0.1) is 0 Å². The second kappa shape index (κ2) is 11.8. The van der Waals surface area contributed by atoms with Crippen LogP contribution in [0.25, 0.3) is 0 Å². The summed E-state index contributed by atoms with van der Waals surface area (Å²) in [6.07, 6.45) is 9.12. The highest BCUT2D eigenvalue weighted by Gasteiger charge is 1.98. The van der Waals surface area contributed by atoms with Crippen molar-refractivity contribution in [1.29, 1.82) is 0 Å². The molecule has 0 bridgehead atoms. The monoisotopic (exact) mass is 344 g/mol. The van der Waals surface area contributed by atoms with Crippen molar-refractivity contribution in [1.82, 2.24) is 0 Å². The van der Waals surface area contributed by atoms with Crippen molar-refractivity contribution < 1.29 is 4.74 Å². The number of ether oxygens (including phenoxy) is 1. The van der Waals surface area contributed by atoms with E-state index in [0.717, 1.165) is 16.8 Å². The van der Waals surface area contributed by atoms with Crippen molar-refractivity contribution >= 4 is 28.6 Å². The molecule has 0 spiro atoms. The lowest BCUT2D eigenvalue weighted by molar-refractivity contribution is 0.116. The van der Waals surface area contributed by atoms with Crippen LogP contribution in [0.15, 0.2) is 28.7 Å². The van der Waals surface area contributed by atoms with Gasteiger partial charge in [-0.3, -0.25) is 0 Å². The summed E-state index contributed by atoms with van der Waals surface area (Å²) >= 11 is 7.75. The molecular formula is C16H25BrOS. The van der Waals surface area contributed by atoms with Crippen LogP contribution in [0.3, 0.4) is 0 Å². The predicted molar refractivity (Wildman–Crippen MR) is 90.0 cm³/mol. The zero-order valence-electron chi connectivity index (χ0n) is 11.6. The van der Waals surface area contributed by atoms with Crippen molar-refractivity contribution in [2.45, 2.75) is 51.6 Å².